The van der Waals surface area contributed by atoms with Gasteiger partial charge in [0.05, 0.1) is 19.1 Å². The van der Waals surface area contributed by atoms with Gasteiger partial charge in [0, 0.05) is 40.7 Å². The van der Waals surface area contributed by atoms with E-state index in [9.17, 15) is 13.2 Å². The zero-order valence-corrected chi connectivity index (χ0v) is 19.0. The Kier molecular flexibility index (Phi) is 5.42. The number of halogens is 3. The first kappa shape index (κ1) is 22.2. The van der Waals surface area contributed by atoms with E-state index in [4.69, 9.17) is 4.42 Å². The Labute approximate surface area is 194 Å². The van der Waals surface area contributed by atoms with E-state index < -0.39 is 5.92 Å². The highest BCUT2D eigenvalue weighted by atomic mass is 19.3. The van der Waals surface area contributed by atoms with Crippen molar-refractivity contribution >= 4 is 22.7 Å². The minimum atomic E-state index is -2.69. The van der Waals surface area contributed by atoms with Crippen molar-refractivity contribution in [2.24, 2.45) is 5.92 Å². The maximum absolute atomic E-state index is 13.8. The molecule has 0 radical (unpaired) electrons. The zero-order valence-electron chi connectivity index (χ0n) is 19.0. The van der Waals surface area contributed by atoms with E-state index in [0.717, 1.165) is 22.3 Å². The van der Waals surface area contributed by atoms with Crippen molar-refractivity contribution in [3.8, 4) is 11.1 Å². The van der Waals surface area contributed by atoms with E-state index in [-0.39, 0.29) is 36.8 Å². The number of fused-ring (bicyclic) bond motifs is 1. The van der Waals surface area contributed by atoms with Crippen LogP contribution in [0, 0.1) is 18.7 Å². The highest BCUT2D eigenvalue weighted by Gasteiger charge is 2.45. The van der Waals surface area contributed by atoms with Crippen molar-refractivity contribution < 1.29 is 17.6 Å². The minimum absolute atomic E-state index is 0.130. The van der Waals surface area contributed by atoms with E-state index in [1.807, 2.05) is 19.1 Å². The van der Waals surface area contributed by atoms with Crippen LogP contribution in [-0.4, -0.2) is 34.0 Å². The topological polar surface area (TPSA) is 67.1 Å². The summed E-state index contributed by atoms with van der Waals surface area (Å²) in [6, 6.07) is 7.97. The van der Waals surface area contributed by atoms with Crippen LogP contribution in [0.4, 0.5) is 24.9 Å². The van der Waals surface area contributed by atoms with E-state index in [1.165, 1.54) is 17.0 Å². The number of nitrogens with one attached hydrogen (secondary N) is 1. The lowest BCUT2D eigenvalue weighted by molar-refractivity contribution is -0.0271. The summed E-state index contributed by atoms with van der Waals surface area (Å²) in [5.74, 6) is -1.26. The first-order valence-corrected chi connectivity index (χ1v) is 11.1. The van der Waals surface area contributed by atoms with Crippen LogP contribution in [-0.2, 0) is 0 Å². The van der Waals surface area contributed by atoms with Gasteiger partial charge in [0.1, 0.15) is 23.0 Å². The van der Waals surface area contributed by atoms with E-state index in [2.05, 4.69) is 34.1 Å². The lowest BCUT2D eigenvalue weighted by atomic mass is 9.97. The molecule has 1 fully saturated rings. The van der Waals surface area contributed by atoms with Gasteiger partial charge in [-0.25, -0.2) is 28.1 Å². The summed E-state index contributed by atoms with van der Waals surface area (Å²) in [5, 5.41) is 4.23. The van der Waals surface area contributed by atoms with Crippen molar-refractivity contribution in [2.45, 2.75) is 32.7 Å². The fourth-order valence-electron chi connectivity index (χ4n) is 4.22. The van der Waals surface area contributed by atoms with Crippen LogP contribution in [0.2, 0.25) is 0 Å². The normalized spacial score (nSPS) is 16.0. The van der Waals surface area contributed by atoms with E-state index in [1.54, 1.807) is 24.7 Å². The van der Waals surface area contributed by atoms with Gasteiger partial charge in [-0.15, -0.1) is 0 Å². The average molecular weight is 467 g/mol. The van der Waals surface area contributed by atoms with E-state index >= 15 is 0 Å². The van der Waals surface area contributed by atoms with Crippen molar-refractivity contribution in [1.29, 1.82) is 0 Å². The molecule has 1 N–H and O–H groups in total. The van der Waals surface area contributed by atoms with Crippen molar-refractivity contribution in [1.82, 2.24) is 15.0 Å². The maximum Gasteiger partial charge on any atom is 0.282 e. The molecule has 1 unspecified atom stereocenters. The summed E-state index contributed by atoms with van der Waals surface area (Å²) in [4.78, 5) is 14.5. The number of alkyl halides is 2. The third-order valence-electron chi connectivity index (χ3n) is 6.06. The highest BCUT2D eigenvalue weighted by Crippen LogP contribution is 2.37. The molecule has 1 aromatic carbocycles. The zero-order chi connectivity index (χ0) is 24.0. The quantitative estimate of drug-likeness (QED) is 0.375. The van der Waals surface area contributed by atoms with Crippen LogP contribution in [0.15, 0.2) is 53.3 Å². The van der Waals surface area contributed by atoms with Crippen molar-refractivity contribution in [3.05, 3.63) is 66.1 Å². The monoisotopic (exact) mass is 467 g/mol. The Morgan fingerprint density at radius 1 is 1.09 bits per heavy atom. The lowest BCUT2D eigenvalue weighted by Crippen LogP contribution is -2.57. The lowest BCUT2D eigenvalue weighted by Gasteiger charge is -2.38. The van der Waals surface area contributed by atoms with Crippen LogP contribution < -0.4 is 10.2 Å². The second-order valence-electron chi connectivity index (χ2n) is 8.98. The van der Waals surface area contributed by atoms with Crippen LogP contribution in [0.25, 0.3) is 22.1 Å². The number of hydrogen-bond donors (Lipinski definition) is 1. The molecule has 6 nitrogen and oxygen atoms in total. The summed E-state index contributed by atoms with van der Waals surface area (Å²) >= 11 is 0. The Morgan fingerprint density at radius 3 is 2.50 bits per heavy atom. The molecule has 1 saturated heterocycles. The van der Waals surface area contributed by atoms with Crippen LogP contribution >= 0.6 is 0 Å². The maximum atomic E-state index is 13.8. The molecule has 0 bridgehead atoms. The predicted octanol–water partition coefficient (Wildman–Crippen LogP) is 6.00. The molecular weight excluding hydrogens is 443 g/mol. The molecule has 176 valence electrons. The summed E-state index contributed by atoms with van der Waals surface area (Å²) in [6.45, 7) is 5.30. The molecular formula is C25H24F3N5O. The first-order chi connectivity index (χ1) is 16.2. The molecule has 4 heterocycles. The second kappa shape index (κ2) is 8.30. The van der Waals surface area contributed by atoms with Crippen LogP contribution in [0.3, 0.4) is 0 Å². The number of hydrogen-bond acceptors (Lipinski definition) is 6. The van der Waals surface area contributed by atoms with Gasteiger partial charge in [0.2, 0.25) is 5.95 Å². The van der Waals surface area contributed by atoms with Gasteiger partial charge in [-0.1, -0.05) is 13.8 Å². The molecule has 3 aromatic heterocycles. The third-order valence-corrected chi connectivity index (χ3v) is 6.06. The predicted molar refractivity (Wildman–Crippen MR) is 125 cm³/mol. The molecule has 5 rings (SSSR count). The van der Waals surface area contributed by atoms with Gasteiger partial charge >= 0.3 is 0 Å². The first-order valence-electron chi connectivity index (χ1n) is 11.1. The SMILES string of the molecule is Cc1c(C(Nc2ncccc2-c2cnc(N3CC(F)(F)C3)nc2)C(C)C)oc2ccc(F)cc12. The van der Waals surface area contributed by atoms with Gasteiger partial charge in [-0.05, 0) is 43.2 Å². The fourth-order valence-corrected chi connectivity index (χ4v) is 4.22. The van der Waals surface area contributed by atoms with Crippen LogP contribution in [0.1, 0.15) is 31.2 Å². The van der Waals surface area contributed by atoms with Gasteiger partial charge < -0.3 is 14.6 Å². The summed E-state index contributed by atoms with van der Waals surface area (Å²) in [7, 11) is 0. The molecule has 0 saturated carbocycles. The van der Waals surface area contributed by atoms with E-state index in [0.29, 0.717) is 17.0 Å². The molecule has 0 amide bonds. The Balaban J connectivity index is 1.45. The smallest absolute Gasteiger partial charge is 0.282 e. The third kappa shape index (κ3) is 4.06. The standard InChI is InChI=1S/C25H24F3N5O/c1-14(2)21(22-15(3)19-9-17(26)6-7-20(19)34-22)32-23-18(5-4-8-29-23)16-10-30-24(31-11-16)33-12-25(27,28)13-33/h4-11,14,21H,12-13H2,1-3H3,(H,29,32). The Morgan fingerprint density at radius 2 is 1.82 bits per heavy atom. The molecule has 0 aliphatic carbocycles. The second-order valence-corrected chi connectivity index (χ2v) is 8.98. The Bertz CT molecular complexity index is 1330. The van der Waals surface area contributed by atoms with Gasteiger partial charge in [0.25, 0.3) is 5.92 Å². The Hall–Kier alpha value is -3.62. The number of aromatic nitrogens is 3. The highest BCUT2D eigenvalue weighted by molar-refractivity contribution is 5.82. The minimum Gasteiger partial charge on any atom is -0.459 e. The summed E-state index contributed by atoms with van der Waals surface area (Å²) in [5.41, 5.74) is 2.98. The fraction of sp³-hybridized carbons (Fsp3) is 0.320. The number of benzene rings is 1. The molecule has 1 aliphatic heterocycles. The number of pyridine rings is 1. The molecule has 0 spiro atoms. The number of furan rings is 1. The van der Waals surface area contributed by atoms with Crippen LogP contribution in [0.5, 0.6) is 0 Å². The number of anilines is 2. The molecule has 9 heteroatoms. The molecule has 4 aromatic rings. The van der Waals surface area contributed by atoms with Gasteiger partial charge in [-0.2, -0.15) is 0 Å². The van der Waals surface area contributed by atoms with Gasteiger partial charge in [0.15, 0.2) is 0 Å². The number of rotatable bonds is 6. The molecule has 34 heavy (non-hydrogen) atoms. The average Bonchev–Trinajstić information content (AvgIpc) is 3.11. The van der Waals surface area contributed by atoms with Crippen molar-refractivity contribution in [2.75, 3.05) is 23.3 Å². The summed E-state index contributed by atoms with van der Waals surface area (Å²) < 4.78 is 46.3. The summed E-state index contributed by atoms with van der Waals surface area (Å²) in [6.07, 6.45) is 4.91. The number of nitrogens with zero attached hydrogens (tertiary/aromatic N) is 4. The largest absolute Gasteiger partial charge is 0.459 e. The molecule has 1 aliphatic rings. The van der Waals surface area contributed by atoms with Gasteiger partial charge in [-0.3, -0.25) is 0 Å². The molecule has 1 atom stereocenters. The number of aryl methyl sites for hydroxylation is 1. The van der Waals surface area contributed by atoms with Crippen molar-refractivity contribution in [3.63, 3.8) is 0 Å².